The second-order valence-corrected chi connectivity index (χ2v) is 5.69. The van der Waals surface area contributed by atoms with Crippen molar-refractivity contribution >= 4 is 10.0 Å². The van der Waals surface area contributed by atoms with Crippen LogP contribution in [0.5, 0.6) is 5.88 Å². The highest BCUT2D eigenvalue weighted by Gasteiger charge is 2.17. The van der Waals surface area contributed by atoms with Crippen LogP contribution < -0.4 is 4.74 Å². The van der Waals surface area contributed by atoms with E-state index in [-0.39, 0.29) is 12.3 Å². The molecular formula is C10H16N2O3S. The van der Waals surface area contributed by atoms with Gasteiger partial charge < -0.3 is 4.74 Å². The average molecular weight is 244 g/mol. The molecule has 1 rings (SSSR count). The van der Waals surface area contributed by atoms with Crippen molar-refractivity contribution in [2.45, 2.75) is 13.5 Å². The van der Waals surface area contributed by atoms with E-state index in [0.29, 0.717) is 5.88 Å². The Morgan fingerprint density at radius 1 is 1.50 bits per heavy atom. The van der Waals surface area contributed by atoms with Crippen LogP contribution in [-0.4, -0.2) is 37.6 Å². The van der Waals surface area contributed by atoms with Gasteiger partial charge in [-0.15, -0.1) is 0 Å². The number of rotatable bonds is 5. The SMILES string of the molecule is CCS(=O)(=O)N(C)Cc1cccnc1OC. The fourth-order valence-corrected chi connectivity index (χ4v) is 2.06. The Labute approximate surface area is 96.1 Å². The van der Waals surface area contributed by atoms with Crippen molar-refractivity contribution in [3.05, 3.63) is 23.9 Å². The molecular weight excluding hydrogens is 228 g/mol. The number of hydrogen-bond donors (Lipinski definition) is 0. The van der Waals surface area contributed by atoms with Crippen molar-refractivity contribution in [1.29, 1.82) is 0 Å². The molecule has 0 saturated heterocycles. The third kappa shape index (κ3) is 2.93. The zero-order chi connectivity index (χ0) is 12.2. The van der Waals surface area contributed by atoms with Gasteiger partial charge in [0.25, 0.3) is 0 Å². The van der Waals surface area contributed by atoms with Crippen molar-refractivity contribution in [3.63, 3.8) is 0 Å². The lowest BCUT2D eigenvalue weighted by Gasteiger charge is -2.16. The molecule has 0 saturated carbocycles. The summed E-state index contributed by atoms with van der Waals surface area (Å²) in [6.45, 7) is 1.89. The van der Waals surface area contributed by atoms with Crippen LogP contribution >= 0.6 is 0 Å². The molecule has 0 amide bonds. The summed E-state index contributed by atoms with van der Waals surface area (Å²) >= 11 is 0. The van der Waals surface area contributed by atoms with Crippen LogP contribution in [0.2, 0.25) is 0 Å². The molecule has 0 atom stereocenters. The van der Waals surface area contributed by atoms with E-state index >= 15 is 0 Å². The molecule has 90 valence electrons. The van der Waals surface area contributed by atoms with E-state index in [1.165, 1.54) is 11.4 Å². The molecule has 6 heteroatoms. The van der Waals surface area contributed by atoms with Crippen molar-refractivity contribution < 1.29 is 13.2 Å². The topological polar surface area (TPSA) is 59.5 Å². The van der Waals surface area contributed by atoms with Crippen LogP contribution in [0, 0.1) is 0 Å². The number of aromatic nitrogens is 1. The number of ether oxygens (including phenoxy) is 1. The van der Waals surface area contributed by atoms with Crippen LogP contribution in [0.3, 0.4) is 0 Å². The lowest BCUT2D eigenvalue weighted by molar-refractivity contribution is 0.382. The van der Waals surface area contributed by atoms with E-state index in [9.17, 15) is 8.42 Å². The summed E-state index contributed by atoms with van der Waals surface area (Å²) in [6, 6.07) is 3.55. The van der Waals surface area contributed by atoms with Gasteiger partial charge in [0.2, 0.25) is 15.9 Å². The van der Waals surface area contributed by atoms with Crippen molar-refractivity contribution in [1.82, 2.24) is 9.29 Å². The molecule has 0 aliphatic rings. The van der Waals surface area contributed by atoms with Gasteiger partial charge in [0.1, 0.15) is 0 Å². The summed E-state index contributed by atoms with van der Waals surface area (Å²) in [5.41, 5.74) is 0.754. The Morgan fingerprint density at radius 3 is 2.75 bits per heavy atom. The fraction of sp³-hybridized carbons (Fsp3) is 0.500. The highest BCUT2D eigenvalue weighted by Crippen LogP contribution is 2.16. The Kier molecular flexibility index (Phi) is 4.26. The van der Waals surface area contributed by atoms with Gasteiger partial charge in [0.05, 0.1) is 12.9 Å². The van der Waals surface area contributed by atoms with Gasteiger partial charge in [0.15, 0.2) is 0 Å². The van der Waals surface area contributed by atoms with Gasteiger partial charge >= 0.3 is 0 Å². The Hall–Kier alpha value is -1.14. The first-order valence-electron chi connectivity index (χ1n) is 4.93. The molecule has 1 aromatic rings. The van der Waals surface area contributed by atoms with Gasteiger partial charge in [-0.2, -0.15) is 0 Å². The summed E-state index contributed by atoms with van der Waals surface area (Å²) < 4.78 is 29.5. The molecule has 0 N–H and O–H groups in total. The zero-order valence-corrected chi connectivity index (χ0v) is 10.5. The quantitative estimate of drug-likeness (QED) is 0.771. The molecule has 0 aliphatic heterocycles. The monoisotopic (exact) mass is 244 g/mol. The van der Waals surface area contributed by atoms with E-state index < -0.39 is 10.0 Å². The number of hydrogen-bond acceptors (Lipinski definition) is 4. The maximum atomic E-state index is 11.6. The van der Waals surface area contributed by atoms with Crippen LogP contribution in [-0.2, 0) is 16.6 Å². The molecule has 16 heavy (non-hydrogen) atoms. The average Bonchev–Trinajstić information content (AvgIpc) is 2.29. The van der Waals surface area contributed by atoms with Gasteiger partial charge in [-0.05, 0) is 13.0 Å². The molecule has 0 bridgehead atoms. The van der Waals surface area contributed by atoms with E-state index in [1.807, 2.05) is 0 Å². The first kappa shape index (κ1) is 12.9. The molecule has 0 fully saturated rings. The summed E-state index contributed by atoms with van der Waals surface area (Å²) in [6.07, 6.45) is 1.61. The maximum absolute atomic E-state index is 11.6. The minimum Gasteiger partial charge on any atom is -0.481 e. The van der Waals surface area contributed by atoms with E-state index in [0.717, 1.165) is 5.56 Å². The smallest absolute Gasteiger partial charge is 0.217 e. The van der Waals surface area contributed by atoms with Crippen LogP contribution in [0.25, 0.3) is 0 Å². The highest BCUT2D eigenvalue weighted by atomic mass is 32.2. The Morgan fingerprint density at radius 2 is 2.19 bits per heavy atom. The normalized spacial score (nSPS) is 11.8. The van der Waals surface area contributed by atoms with Gasteiger partial charge in [0, 0.05) is 25.4 Å². The van der Waals surface area contributed by atoms with Crippen molar-refractivity contribution in [3.8, 4) is 5.88 Å². The highest BCUT2D eigenvalue weighted by molar-refractivity contribution is 7.89. The summed E-state index contributed by atoms with van der Waals surface area (Å²) in [7, 11) is -0.110. The lowest BCUT2D eigenvalue weighted by atomic mass is 10.3. The molecule has 0 unspecified atom stereocenters. The van der Waals surface area contributed by atoms with E-state index in [2.05, 4.69) is 4.98 Å². The standard InChI is InChI=1S/C10H16N2O3S/c1-4-16(13,14)12(2)8-9-6-5-7-11-10(9)15-3/h5-7H,4,8H2,1-3H3. The molecule has 1 aromatic heterocycles. The predicted octanol–water partition coefficient (Wildman–Crippen LogP) is 0.872. The van der Waals surface area contributed by atoms with Gasteiger partial charge in [-0.1, -0.05) is 6.07 Å². The number of nitrogens with zero attached hydrogens (tertiary/aromatic N) is 2. The first-order valence-corrected chi connectivity index (χ1v) is 6.54. The minimum atomic E-state index is -3.17. The second kappa shape index (κ2) is 5.27. The lowest BCUT2D eigenvalue weighted by Crippen LogP contribution is -2.28. The van der Waals surface area contributed by atoms with Crippen LogP contribution in [0.15, 0.2) is 18.3 Å². The molecule has 1 heterocycles. The van der Waals surface area contributed by atoms with E-state index in [1.54, 1.807) is 32.3 Å². The van der Waals surface area contributed by atoms with Crippen LogP contribution in [0.4, 0.5) is 0 Å². The minimum absolute atomic E-state index is 0.0894. The third-order valence-electron chi connectivity index (χ3n) is 2.28. The number of pyridine rings is 1. The summed E-state index contributed by atoms with van der Waals surface area (Å²) in [5.74, 6) is 0.548. The summed E-state index contributed by atoms with van der Waals surface area (Å²) in [5, 5.41) is 0. The molecule has 5 nitrogen and oxygen atoms in total. The van der Waals surface area contributed by atoms with Crippen molar-refractivity contribution in [2.75, 3.05) is 19.9 Å². The molecule has 0 radical (unpaired) electrons. The predicted molar refractivity (Wildman–Crippen MR) is 61.7 cm³/mol. The molecule has 0 spiro atoms. The van der Waals surface area contributed by atoms with Crippen LogP contribution in [0.1, 0.15) is 12.5 Å². The van der Waals surface area contributed by atoms with Gasteiger partial charge in [-0.25, -0.2) is 17.7 Å². The number of methoxy groups -OCH3 is 1. The molecule has 0 aromatic carbocycles. The largest absolute Gasteiger partial charge is 0.481 e. The Bertz CT molecular complexity index is 445. The molecule has 0 aliphatic carbocycles. The zero-order valence-electron chi connectivity index (χ0n) is 9.67. The Balaban J connectivity index is 2.89. The third-order valence-corrected chi connectivity index (χ3v) is 4.08. The van der Waals surface area contributed by atoms with E-state index in [4.69, 9.17) is 4.74 Å². The van der Waals surface area contributed by atoms with Crippen molar-refractivity contribution in [2.24, 2.45) is 0 Å². The second-order valence-electron chi connectivity index (χ2n) is 3.33. The maximum Gasteiger partial charge on any atom is 0.217 e. The first-order chi connectivity index (χ1) is 7.51. The fourth-order valence-electron chi connectivity index (χ4n) is 1.29. The summed E-state index contributed by atoms with van der Waals surface area (Å²) in [4.78, 5) is 4.01. The van der Waals surface area contributed by atoms with Gasteiger partial charge in [-0.3, -0.25) is 0 Å². The number of sulfonamides is 1.